The van der Waals surface area contributed by atoms with Crippen molar-refractivity contribution in [1.82, 2.24) is 0 Å². The Morgan fingerprint density at radius 3 is 2.43 bits per heavy atom. The maximum absolute atomic E-state index is 12.1. The van der Waals surface area contributed by atoms with Crippen molar-refractivity contribution in [3.8, 4) is 11.5 Å². The van der Waals surface area contributed by atoms with E-state index in [0.717, 1.165) is 0 Å². The van der Waals surface area contributed by atoms with Crippen molar-refractivity contribution in [1.29, 1.82) is 0 Å². The Bertz CT molecular complexity index is 836. The van der Waals surface area contributed by atoms with Gasteiger partial charge in [-0.3, -0.25) is 14.9 Å². The minimum absolute atomic E-state index is 0.0593. The quantitative estimate of drug-likeness (QED) is 0.399. The molecular formula is C19H20N2O7. The summed E-state index contributed by atoms with van der Waals surface area (Å²) in [6.45, 7) is 3.25. The Morgan fingerprint density at radius 2 is 1.79 bits per heavy atom. The molecule has 0 saturated heterocycles. The summed E-state index contributed by atoms with van der Waals surface area (Å²) in [4.78, 5) is 34.3. The highest BCUT2D eigenvalue weighted by molar-refractivity contribution is 5.95. The lowest BCUT2D eigenvalue weighted by atomic mass is 10.3. The summed E-state index contributed by atoms with van der Waals surface area (Å²) < 4.78 is 15.4. The van der Waals surface area contributed by atoms with Crippen molar-refractivity contribution in [3.05, 3.63) is 58.6 Å². The van der Waals surface area contributed by atoms with Crippen LogP contribution in [0.25, 0.3) is 0 Å². The second-order valence-corrected chi connectivity index (χ2v) is 5.59. The molecule has 2 aromatic carbocycles. The zero-order chi connectivity index (χ0) is 20.5. The summed E-state index contributed by atoms with van der Waals surface area (Å²) in [7, 11) is 0. The first kappa shape index (κ1) is 20.7. The summed E-state index contributed by atoms with van der Waals surface area (Å²) in [5.74, 6) is -0.737. The van der Waals surface area contributed by atoms with E-state index in [1.807, 2.05) is 6.92 Å². The van der Waals surface area contributed by atoms with Gasteiger partial charge < -0.3 is 19.5 Å². The lowest BCUT2D eigenvalue weighted by Gasteiger charge is -2.14. The number of hydrogen-bond acceptors (Lipinski definition) is 7. The Balaban J connectivity index is 1.84. The fraction of sp³-hybridized carbons (Fsp3) is 0.263. The molecule has 9 nitrogen and oxygen atoms in total. The van der Waals surface area contributed by atoms with E-state index in [-0.39, 0.29) is 11.4 Å². The first-order valence-corrected chi connectivity index (χ1v) is 8.50. The van der Waals surface area contributed by atoms with Gasteiger partial charge in [-0.05, 0) is 44.2 Å². The number of carbonyl (C=O) groups is 2. The van der Waals surface area contributed by atoms with E-state index in [9.17, 15) is 19.7 Å². The number of esters is 1. The number of carbonyl (C=O) groups excluding carboxylic acids is 2. The van der Waals surface area contributed by atoms with Crippen LogP contribution in [-0.4, -0.2) is 36.1 Å². The number of nitro benzene ring substituents is 1. The largest absolute Gasteiger partial charge is 0.494 e. The summed E-state index contributed by atoms with van der Waals surface area (Å²) in [6.07, 6.45) is -1.08. The Kier molecular flexibility index (Phi) is 7.32. The second-order valence-electron chi connectivity index (χ2n) is 5.59. The molecule has 1 unspecified atom stereocenters. The van der Waals surface area contributed by atoms with E-state index >= 15 is 0 Å². The van der Waals surface area contributed by atoms with Crippen LogP contribution >= 0.6 is 0 Å². The molecule has 0 saturated carbocycles. The van der Waals surface area contributed by atoms with Gasteiger partial charge >= 0.3 is 11.7 Å². The molecule has 148 valence electrons. The fourth-order valence-electron chi connectivity index (χ4n) is 2.20. The molecule has 0 radical (unpaired) electrons. The third-order valence-electron chi connectivity index (χ3n) is 3.52. The lowest BCUT2D eigenvalue weighted by molar-refractivity contribution is -0.385. The number of para-hydroxylation sites is 2. The monoisotopic (exact) mass is 388 g/mol. The van der Waals surface area contributed by atoms with Crippen LogP contribution in [-0.2, 0) is 14.3 Å². The van der Waals surface area contributed by atoms with Gasteiger partial charge in [0.2, 0.25) is 0 Å². The Labute approximate surface area is 161 Å². The summed E-state index contributed by atoms with van der Waals surface area (Å²) in [5.41, 5.74) is 0.254. The molecule has 2 rings (SSSR count). The second kappa shape index (κ2) is 9.91. The van der Waals surface area contributed by atoms with Gasteiger partial charge in [0.25, 0.3) is 5.91 Å². The maximum atomic E-state index is 12.1. The molecule has 0 aliphatic heterocycles. The highest BCUT2D eigenvalue weighted by Gasteiger charge is 2.20. The van der Waals surface area contributed by atoms with Gasteiger partial charge in [0, 0.05) is 11.8 Å². The van der Waals surface area contributed by atoms with Crippen molar-refractivity contribution in [2.75, 3.05) is 18.5 Å². The predicted molar refractivity (Wildman–Crippen MR) is 100 cm³/mol. The van der Waals surface area contributed by atoms with Crippen LogP contribution in [0.15, 0.2) is 48.5 Å². The van der Waals surface area contributed by atoms with E-state index in [1.165, 1.54) is 25.1 Å². The third kappa shape index (κ3) is 5.97. The highest BCUT2D eigenvalue weighted by Crippen LogP contribution is 2.25. The number of amides is 1. The average molecular weight is 388 g/mol. The SMILES string of the molecule is CCOc1ccc(NC(=O)C(C)OC(=O)COc2ccccc2[N+](=O)[O-])cc1. The molecular weight excluding hydrogens is 368 g/mol. The molecule has 0 bridgehead atoms. The summed E-state index contributed by atoms with van der Waals surface area (Å²) >= 11 is 0. The molecule has 0 fully saturated rings. The van der Waals surface area contributed by atoms with Crippen molar-refractivity contribution < 1.29 is 28.7 Å². The number of hydrogen-bond donors (Lipinski definition) is 1. The molecule has 1 amide bonds. The van der Waals surface area contributed by atoms with E-state index < -0.39 is 29.5 Å². The molecule has 0 heterocycles. The smallest absolute Gasteiger partial charge is 0.344 e. The number of benzene rings is 2. The van der Waals surface area contributed by atoms with Crippen LogP contribution in [0.1, 0.15) is 13.8 Å². The fourth-order valence-corrected chi connectivity index (χ4v) is 2.20. The standard InChI is InChI=1S/C19H20N2O7/c1-3-26-15-10-8-14(9-11-15)20-19(23)13(2)28-18(22)12-27-17-7-5-4-6-16(17)21(24)25/h4-11,13H,3,12H2,1-2H3,(H,20,23). The van der Waals surface area contributed by atoms with Crippen LogP contribution in [0, 0.1) is 10.1 Å². The average Bonchev–Trinajstić information content (AvgIpc) is 2.68. The van der Waals surface area contributed by atoms with Gasteiger partial charge in [-0.25, -0.2) is 4.79 Å². The Morgan fingerprint density at radius 1 is 1.11 bits per heavy atom. The number of nitrogens with one attached hydrogen (secondary N) is 1. The molecule has 2 aromatic rings. The van der Waals surface area contributed by atoms with Gasteiger partial charge in [-0.1, -0.05) is 12.1 Å². The van der Waals surface area contributed by atoms with E-state index in [1.54, 1.807) is 30.3 Å². The minimum atomic E-state index is -1.08. The number of anilines is 1. The van der Waals surface area contributed by atoms with Gasteiger partial charge in [0.05, 0.1) is 11.5 Å². The van der Waals surface area contributed by atoms with Gasteiger partial charge in [-0.15, -0.1) is 0 Å². The molecule has 0 spiro atoms. The zero-order valence-corrected chi connectivity index (χ0v) is 15.4. The first-order valence-electron chi connectivity index (χ1n) is 8.50. The van der Waals surface area contributed by atoms with Crippen molar-refractivity contribution >= 4 is 23.3 Å². The Hall–Kier alpha value is -3.62. The van der Waals surface area contributed by atoms with Gasteiger partial charge in [-0.2, -0.15) is 0 Å². The van der Waals surface area contributed by atoms with Crippen LogP contribution in [0.4, 0.5) is 11.4 Å². The van der Waals surface area contributed by atoms with Crippen LogP contribution in [0.2, 0.25) is 0 Å². The van der Waals surface area contributed by atoms with Crippen molar-refractivity contribution in [2.24, 2.45) is 0 Å². The molecule has 0 aromatic heterocycles. The number of ether oxygens (including phenoxy) is 3. The van der Waals surface area contributed by atoms with Crippen LogP contribution < -0.4 is 14.8 Å². The molecule has 9 heteroatoms. The highest BCUT2D eigenvalue weighted by atomic mass is 16.6. The predicted octanol–water partition coefficient (Wildman–Crippen LogP) is 2.94. The third-order valence-corrected chi connectivity index (χ3v) is 3.52. The molecule has 0 aliphatic carbocycles. The molecule has 28 heavy (non-hydrogen) atoms. The topological polar surface area (TPSA) is 117 Å². The number of nitro groups is 1. The zero-order valence-electron chi connectivity index (χ0n) is 15.4. The van der Waals surface area contributed by atoms with Crippen molar-refractivity contribution in [2.45, 2.75) is 20.0 Å². The minimum Gasteiger partial charge on any atom is -0.494 e. The number of nitrogens with zero attached hydrogens (tertiary/aromatic N) is 1. The summed E-state index contributed by atoms with van der Waals surface area (Å²) in [5, 5.41) is 13.5. The van der Waals surface area contributed by atoms with Crippen LogP contribution in [0.3, 0.4) is 0 Å². The van der Waals surface area contributed by atoms with Gasteiger partial charge in [0.1, 0.15) is 5.75 Å². The van der Waals surface area contributed by atoms with E-state index in [0.29, 0.717) is 18.0 Å². The first-order chi connectivity index (χ1) is 13.4. The van der Waals surface area contributed by atoms with Crippen molar-refractivity contribution in [3.63, 3.8) is 0 Å². The molecule has 1 atom stereocenters. The maximum Gasteiger partial charge on any atom is 0.344 e. The number of rotatable bonds is 9. The lowest BCUT2D eigenvalue weighted by Crippen LogP contribution is -2.31. The normalized spacial score (nSPS) is 11.2. The van der Waals surface area contributed by atoms with Gasteiger partial charge in [0.15, 0.2) is 18.5 Å². The van der Waals surface area contributed by atoms with E-state index in [2.05, 4.69) is 5.32 Å². The molecule has 0 aliphatic rings. The van der Waals surface area contributed by atoms with E-state index in [4.69, 9.17) is 14.2 Å². The molecule has 1 N–H and O–H groups in total. The summed E-state index contributed by atoms with van der Waals surface area (Å²) in [6, 6.07) is 12.4. The van der Waals surface area contributed by atoms with Crippen LogP contribution in [0.5, 0.6) is 11.5 Å².